The van der Waals surface area contributed by atoms with E-state index in [0.717, 1.165) is 108 Å². The molecule has 0 saturated heterocycles. The van der Waals surface area contributed by atoms with Crippen molar-refractivity contribution in [2.45, 2.75) is 381 Å². The second-order valence-corrected chi connectivity index (χ2v) is 30.1. The van der Waals surface area contributed by atoms with Crippen molar-refractivity contribution >= 4 is 39.5 Å². The second kappa shape index (κ2) is 62.8. The predicted octanol–water partition coefficient (Wildman–Crippen LogP) is 20.6. The molecule has 91 heavy (non-hydrogen) atoms. The molecule has 0 aliphatic heterocycles. The molecule has 0 spiro atoms. The van der Waals surface area contributed by atoms with Gasteiger partial charge in [0, 0.05) is 25.7 Å². The van der Waals surface area contributed by atoms with Crippen LogP contribution < -0.4 is 0 Å². The SMILES string of the molecule is CCCCCCCCCCCCCC(=O)OC[C@H](COP(=O)(O)OC[C@H](O)COP(=O)(O)OC[C@@H](COC(=O)CCCCCCCCCCC(C)C)OC(=O)CCCCCCCCCCCCCCCCC(C)CC)OC(=O)CCCCCCCCCCC(C)C. The van der Waals surface area contributed by atoms with Crippen molar-refractivity contribution in [2.24, 2.45) is 17.8 Å². The average Bonchev–Trinajstić information content (AvgIpc) is 3.48. The number of aliphatic hydroxyl groups excluding tert-OH is 1. The van der Waals surface area contributed by atoms with Crippen molar-refractivity contribution in [3.05, 3.63) is 0 Å². The zero-order chi connectivity index (χ0) is 67.3. The summed E-state index contributed by atoms with van der Waals surface area (Å²) in [5, 5.41) is 10.6. The summed E-state index contributed by atoms with van der Waals surface area (Å²) in [6.45, 7) is 11.8. The minimum absolute atomic E-state index is 0.104. The monoisotopic (exact) mass is 1340 g/mol. The van der Waals surface area contributed by atoms with Crippen LogP contribution in [0.2, 0.25) is 0 Å². The van der Waals surface area contributed by atoms with Gasteiger partial charge in [-0.15, -0.1) is 0 Å². The molecule has 3 N–H and O–H groups in total. The maximum Gasteiger partial charge on any atom is 0.472 e. The van der Waals surface area contributed by atoms with Crippen LogP contribution in [0.1, 0.15) is 363 Å². The van der Waals surface area contributed by atoms with Crippen LogP contribution in [0.15, 0.2) is 0 Å². The molecule has 540 valence electrons. The summed E-state index contributed by atoms with van der Waals surface area (Å²) in [6, 6.07) is 0. The molecule has 0 fully saturated rings. The first-order valence-corrected chi connectivity index (χ1v) is 40.4. The van der Waals surface area contributed by atoms with Gasteiger partial charge in [-0.05, 0) is 43.4 Å². The van der Waals surface area contributed by atoms with Gasteiger partial charge in [0.15, 0.2) is 12.2 Å². The van der Waals surface area contributed by atoms with Crippen molar-refractivity contribution in [3.63, 3.8) is 0 Å². The molecule has 19 heteroatoms. The van der Waals surface area contributed by atoms with Gasteiger partial charge >= 0.3 is 39.5 Å². The third kappa shape index (κ3) is 65.1. The Bertz CT molecular complexity index is 1790. The van der Waals surface area contributed by atoms with Crippen LogP contribution in [0, 0.1) is 17.8 Å². The molecule has 0 radical (unpaired) electrons. The summed E-state index contributed by atoms with van der Waals surface area (Å²) in [5.41, 5.74) is 0. The van der Waals surface area contributed by atoms with Gasteiger partial charge in [-0.25, -0.2) is 9.13 Å². The van der Waals surface area contributed by atoms with Crippen molar-refractivity contribution in [3.8, 4) is 0 Å². The van der Waals surface area contributed by atoms with Crippen molar-refractivity contribution in [2.75, 3.05) is 39.6 Å². The number of phosphoric ester groups is 2. The van der Waals surface area contributed by atoms with Crippen LogP contribution in [0.3, 0.4) is 0 Å². The Morgan fingerprint density at radius 1 is 0.319 bits per heavy atom. The zero-order valence-electron chi connectivity index (χ0n) is 59.3. The van der Waals surface area contributed by atoms with Gasteiger partial charge in [-0.3, -0.25) is 37.3 Å². The van der Waals surface area contributed by atoms with E-state index in [1.54, 1.807) is 0 Å². The number of carbonyl (C=O) groups excluding carboxylic acids is 4. The van der Waals surface area contributed by atoms with Gasteiger partial charge in [-0.1, -0.05) is 312 Å². The molecular weight excluding hydrogens is 1200 g/mol. The highest BCUT2D eigenvalue weighted by atomic mass is 31.2. The number of phosphoric acid groups is 2. The summed E-state index contributed by atoms with van der Waals surface area (Å²) in [4.78, 5) is 72.6. The molecule has 0 aromatic rings. The third-order valence-electron chi connectivity index (χ3n) is 17.0. The van der Waals surface area contributed by atoms with E-state index >= 15 is 0 Å². The second-order valence-electron chi connectivity index (χ2n) is 27.2. The summed E-state index contributed by atoms with van der Waals surface area (Å²) < 4.78 is 68.3. The minimum Gasteiger partial charge on any atom is -0.462 e. The molecule has 0 bridgehead atoms. The Hall–Kier alpha value is -1.94. The molecule has 0 aromatic heterocycles. The first kappa shape index (κ1) is 89.1. The summed E-state index contributed by atoms with van der Waals surface area (Å²) in [6.07, 6.45) is 47.2. The standard InChI is InChI=1S/C72H140O17P2/c1-8-10-11-12-13-14-19-23-32-39-46-53-69(74)82-59-68(89-72(77)56-49-42-35-28-26-30-37-44-51-64(5)6)62-87-91(80,81)85-58-66(73)57-84-90(78,79)86-61-67(60-83-70(75)54-47-40-33-27-25-29-36-43-50-63(3)4)88-71(76)55-48-41-34-24-21-18-16-15-17-20-22-31-38-45-52-65(7)9-2/h63-68,73H,8-62H2,1-7H3,(H,78,79)(H,80,81)/t65?,66-,67-,68-/m1/s1. The Morgan fingerprint density at radius 2 is 0.560 bits per heavy atom. The third-order valence-corrected chi connectivity index (χ3v) is 18.9. The van der Waals surface area contributed by atoms with Crippen LogP contribution >= 0.6 is 15.6 Å². The highest BCUT2D eigenvalue weighted by Gasteiger charge is 2.30. The van der Waals surface area contributed by atoms with E-state index in [1.807, 2.05) is 0 Å². The summed E-state index contributed by atoms with van der Waals surface area (Å²) in [5.74, 6) is 0.165. The first-order chi connectivity index (χ1) is 43.8. The molecule has 0 aliphatic carbocycles. The number of unbranched alkanes of at least 4 members (excludes halogenated alkanes) is 37. The lowest BCUT2D eigenvalue weighted by Crippen LogP contribution is -2.30. The van der Waals surface area contributed by atoms with Crippen LogP contribution in [-0.2, 0) is 65.4 Å². The topological polar surface area (TPSA) is 237 Å². The fourth-order valence-electron chi connectivity index (χ4n) is 10.9. The molecular formula is C72H140O17P2. The molecule has 0 amide bonds. The zero-order valence-corrected chi connectivity index (χ0v) is 61.1. The van der Waals surface area contributed by atoms with Crippen molar-refractivity contribution < 1.29 is 80.2 Å². The van der Waals surface area contributed by atoms with Gasteiger partial charge in [0.05, 0.1) is 26.4 Å². The van der Waals surface area contributed by atoms with Crippen molar-refractivity contribution in [1.29, 1.82) is 0 Å². The Balaban J connectivity index is 5.23. The molecule has 6 atom stereocenters. The predicted molar refractivity (Wildman–Crippen MR) is 368 cm³/mol. The number of esters is 4. The lowest BCUT2D eigenvalue weighted by atomic mass is 9.99. The molecule has 0 saturated carbocycles. The van der Waals surface area contributed by atoms with E-state index < -0.39 is 97.5 Å². The highest BCUT2D eigenvalue weighted by molar-refractivity contribution is 7.47. The van der Waals surface area contributed by atoms with Crippen LogP contribution in [0.4, 0.5) is 0 Å². The van der Waals surface area contributed by atoms with Gasteiger partial charge in [-0.2, -0.15) is 0 Å². The fraction of sp³-hybridized carbons (Fsp3) is 0.944. The van der Waals surface area contributed by atoms with E-state index in [-0.39, 0.29) is 25.7 Å². The van der Waals surface area contributed by atoms with Crippen LogP contribution in [0.5, 0.6) is 0 Å². The van der Waals surface area contributed by atoms with E-state index in [2.05, 4.69) is 48.5 Å². The average molecular weight is 1340 g/mol. The number of carbonyl (C=O) groups is 4. The number of rotatable bonds is 70. The summed E-state index contributed by atoms with van der Waals surface area (Å²) >= 11 is 0. The quantitative estimate of drug-likeness (QED) is 0.0222. The largest absolute Gasteiger partial charge is 0.472 e. The number of hydrogen-bond donors (Lipinski definition) is 3. The molecule has 0 aliphatic rings. The minimum atomic E-state index is -4.95. The Morgan fingerprint density at radius 3 is 0.835 bits per heavy atom. The van der Waals surface area contributed by atoms with Gasteiger partial charge in [0.25, 0.3) is 0 Å². The normalized spacial score (nSPS) is 14.5. The van der Waals surface area contributed by atoms with Gasteiger partial charge in [0.1, 0.15) is 19.3 Å². The number of hydrogen-bond acceptors (Lipinski definition) is 15. The lowest BCUT2D eigenvalue weighted by molar-refractivity contribution is -0.161. The van der Waals surface area contributed by atoms with E-state index in [0.29, 0.717) is 25.7 Å². The highest BCUT2D eigenvalue weighted by Crippen LogP contribution is 2.45. The summed E-state index contributed by atoms with van der Waals surface area (Å²) in [7, 11) is -9.90. The lowest BCUT2D eigenvalue weighted by Gasteiger charge is -2.21. The molecule has 3 unspecified atom stereocenters. The van der Waals surface area contributed by atoms with E-state index in [9.17, 15) is 43.2 Å². The maximum absolute atomic E-state index is 13.0. The van der Waals surface area contributed by atoms with Gasteiger partial charge in [0.2, 0.25) is 0 Å². The van der Waals surface area contributed by atoms with Crippen LogP contribution in [0.25, 0.3) is 0 Å². The molecule has 0 aromatic carbocycles. The fourth-order valence-corrected chi connectivity index (χ4v) is 12.4. The van der Waals surface area contributed by atoms with Crippen molar-refractivity contribution in [1.82, 2.24) is 0 Å². The number of ether oxygens (including phenoxy) is 4. The Kier molecular flexibility index (Phi) is 61.5. The van der Waals surface area contributed by atoms with E-state index in [4.69, 9.17) is 37.0 Å². The van der Waals surface area contributed by atoms with Gasteiger partial charge < -0.3 is 33.8 Å². The van der Waals surface area contributed by atoms with E-state index in [1.165, 1.54) is 173 Å². The first-order valence-electron chi connectivity index (χ1n) is 37.4. The molecule has 17 nitrogen and oxygen atoms in total. The Labute approximate surface area is 556 Å². The van der Waals surface area contributed by atoms with Crippen LogP contribution in [-0.4, -0.2) is 96.7 Å². The number of aliphatic hydroxyl groups is 1. The maximum atomic E-state index is 13.0. The smallest absolute Gasteiger partial charge is 0.462 e. The molecule has 0 rings (SSSR count). The molecule has 0 heterocycles.